The van der Waals surface area contributed by atoms with Crippen molar-refractivity contribution in [3.63, 3.8) is 0 Å². The molecular weight excluding hydrogens is 214 g/mol. The average molecular weight is 229 g/mol. The molecule has 0 aliphatic heterocycles. The normalized spacial score (nSPS) is 11.3. The second kappa shape index (κ2) is 5.14. The molecule has 1 rings (SSSR count). The first-order valence-corrected chi connectivity index (χ1v) is 6.41. The summed E-state index contributed by atoms with van der Waals surface area (Å²) in [6, 6.07) is 6.37. The van der Waals surface area contributed by atoms with Gasteiger partial charge in [-0.2, -0.15) is 0 Å². The van der Waals surface area contributed by atoms with Crippen LogP contribution in [0.5, 0.6) is 5.75 Å². The predicted molar refractivity (Wildman–Crippen MR) is 58.7 cm³/mol. The van der Waals surface area contributed by atoms with E-state index in [0.717, 1.165) is 0 Å². The van der Waals surface area contributed by atoms with Crippen LogP contribution in [0.4, 0.5) is 0 Å². The highest BCUT2D eigenvalue weighted by atomic mass is 32.2. The van der Waals surface area contributed by atoms with Gasteiger partial charge in [-0.3, -0.25) is 0 Å². The zero-order valence-corrected chi connectivity index (χ0v) is 9.46. The lowest BCUT2D eigenvalue weighted by molar-refractivity contribution is 0.328. The van der Waals surface area contributed by atoms with E-state index < -0.39 is 9.84 Å². The Labute approximate surface area is 90.0 Å². The molecule has 0 saturated heterocycles. The first-order valence-electron chi connectivity index (χ1n) is 4.76. The number of hydrogen-bond acceptors (Lipinski definition) is 4. The van der Waals surface area contributed by atoms with Crippen molar-refractivity contribution in [1.29, 1.82) is 0 Å². The Morgan fingerprint density at radius 2 is 1.87 bits per heavy atom. The van der Waals surface area contributed by atoms with Gasteiger partial charge < -0.3 is 10.5 Å². The van der Waals surface area contributed by atoms with Crippen LogP contribution in [0.1, 0.15) is 6.92 Å². The van der Waals surface area contributed by atoms with Gasteiger partial charge in [0.15, 0.2) is 9.84 Å². The highest BCUT2D eigenvalue weighted by Gasteiger charge is 2.10. The number of ether oxygens (including phenoxy) is 1. The van der Waals surface area contributed by atoms with Crippen LogP contribution in [-0.4, -0.2) is 27.3 Å². The van der Waals surface area contributed by atoms with E-state index in [2.05, 4.69) is 0 Å². The van der Waals surface area contributed by atoms with Crippen molar-refractivity contribution in [3.8, 4) is 5.75 Å². The second-order valence-electron chi connectivity index (χ2n) is 3.01. The van der Waals surface area contributed by atoms with Crippen LogP contribution in [0.2, 0.25) is 0 Å². The van der Waals surface area contributed by atoms with Crippen molar-refractivity contribution < 1.29 is 13.2 Å². The molecule has 5 heteroatoms. The summed E-state index contributed by atoms with van der Waals surface area (Å²) in [5.41, 5.74) is 5.28. The molecule has 0 radical (unpaired) electrons. The maximum atomic E-state index is 11.5. The van der Waals surface area contributed by atoms with Crippen molar-refractivity contribution in [3.05, 3.63) is 24.3 Å². The highest BCUT2D eigenvalue weighted by Crippen LogP contribution is 2.16. The quantitative estimate of drug-likeness (QED) is 0.811. The van der Waals surface area contributed by atoms with Crippen molar-refractivity contribution in [2.24, 2.45) is 5.73 Å². The third kappa shape index (κ3) is 3.21. The summed E-state index contributed by atoms with van der Waals surface area (Å²) in [5.74, 6) is 0.742. The van der Waals surface area contributed by atoms with E-state index in [0.29, 0.717) is 23.8 Å². The summed E-state index contributed by atoms with van der Waals surface area (Å²) in [6.45, 7) is 2.49. The highest BCUT2D eigenvalue weighted by molar-refractivity contribution is 7.91. The summed E-state index contributed by atoms with van der Waals surface area (Å²) in [4.78, 5) is 0.324. The zero-order chi connectivity index (χ0) is 11.3. The molecule has 0 spiro atoms. The Morgan fingerprint density at radius 1 is 1.27 bits per heavy atom. The lowest BCUT2D eigenvalue weighted by Crippen LogP contribution is -2.10. The summed E-state index contributed by atoms with van der Waals surface area (Å²) < 4.78 is 28.2. The molecule has 0 atom stereocenters. The fourth-order valence-corrected chi connectivity index (χ4v) is 1.97. The Balaban J connectivity index is 2.81. The van der Waals surface area contributed by atoms with Gasteiger partial charge in [0, 0.05) is 6.54 Å². The Hall–Kier alpha value is -1.07. The van der Waals surface area contributed by atoms with Gasteiger partial charge in [-0.15, -0.1) is 0 Å². The van der Waals surface area contributed by atoms with Crippen molar-refractivity contribution in [2.45, 2.75) is 11.8 Å². The SMILES string of the molecule is CCS(=O)(=O)c1ccc(OCCN)cc1. The van der Waals surface area contributed by atoms with E-state index in [9.17, 15) is 8.42 Å². The minimum Gasteiger partial charge on any atom is -0.492 e. The molecular formula is C10H15NO3S. The van der Waals surface area contributed by atoms with Crippen molar-refractivity contribution in [2.75, 3.05) is 18.9 Å². The molecule has 0 aromatic heterocycles. The molecule has 0 heterocycles. The van der Waals surface area contributed by atoms with E-state index in [1.54, 1.807) is 31.2 Å². The molecule has 0 aliphatic rings. The van der Waals surface area contributed by atoms with Gasteiger partial charge in [-0.25, -0.2) is 8.42 Å². The van der Waals surface area contributed by atoms with Gasteiger partial charge in [-0.05, 0) is 24.3 Å². The standard InChI is InChI=1S/C10H15NO3S/c1-2-15(12,13)10-5-3-9(4-6-10)14-8-7-11/h3-6H,2,7-8,11H2,1H3. The fourth-order valence-electron chi connectivity index (χ4n) is 1.09. The Kier molecular flexibility index (Phi) is 4.11. The molecule has 0 aliphatic carbocycles. The van der Waals surface area contributed by atoms with E-state index in [-0.39, 0.29) is 5.75 Å². The fraction of sp³-hybridized carbons (Fsp3) is 0.400. The molecule has 4 nitrogen and oxygen atoms in total. The molecule has 0 unspecified atom stereocenters. The number of hydrogen-bond donors (Lipinski definition) is 1. The lowest BCUT2D eigenvalue weighted by Gasteiger charge is -2.05. The molecule has 2 N–H and O–H groups in total. The molecule has 1 aromatic carbocycles. The van der Waals surface area contributed by atoms with Crippen molar-refractivity contribution in [1.82, 2.24) is 0 Å². The number of rotatable bonds is 5. The van der Waals surface area contributed by atoms with E-state index in [1.165, 1.54) is 0 Å². The average Bonchev–Trinajstić information content (AvgIpc) is 2.27. The van der Waals surface area contributed by atoms with Gasteiger partial charge in [0.05, 0.1) is 10.6 Å². The minimum absolute atomic E-state index is 0.107. The van der Waals surface area contributed by atoms with Crippen LogP contribution in [0.25, 0.3) is 0 Å². The maximum Gasteiger partial charge on any atom is 0.178 e. The maximum absolute atomic E-state index is 11.5. The number of sulfone groups is 1. The van der Waals surface area contributed by atoms with Crippen LogP contribution >= 0.6 is 0 Å². The number of benzene rings is 1. The lowest BCUT2D eigenvalue weighted by atomic mass is 10.3. The van der Waals surface area contributed by atoms with Crippen LogP contribution in [-0.2, 0) is 9.84 Å². The topological polar surface area (TPSA) is 69.4 Å². The summed E-state index contributed by atoms with van der Waals surface area (Å²) >= 11 is 0. The van der Waals surface area contributed by atoms with Crippen molar-refractivity contribution >= 4 is 9.84 Å². The Morgan fingerprint density at radius 3 is 2.33 bits per heavy atom. The van der Waals surface area contributed by atoms with Crippen LogP contribution in [0, 0.1) is 0 Å². The smallest absolute Gasteiger partial charge is 0.178 e. The van der Waals surface area contributed by atoms with Crippen LogP contribution < -0.4 is 10.5 Å². The van der Waals surface area contributed by atoms with Gasteiger partial charge in [-0.1, -0.05) is 6.92 Å². The van der Waals surface area contributed by atoms with Gasteiger partial charge in [0.1, 0.15) is 12.4 Å². The second-order valence-corrected chi connectivity index (χ2v) is 5.29. The van der Waals surface area contributed by atoms with Crippen LogP contribution in [0.3, 0.4) is 0 Å². The van der Waals surface area contributed by atoms with Gasteiger partial charge in [0.25, 0.3) is 0 Å². The molecule has 0 fully saturated rings. The molecule has 0 saturated carbocycles. The molecule has 84 valence electrons. The minimum atomic E-state index is -3.12. The zero-order valence-electron chi connectivity index (χ0n) is 8.64. The third-order valence-corrected chi connectivity index (χ3v) is 3.70. The summed E-state index contributed by atoms with van der Waals surface area (Å²) in [5, 5.41) is 0. The summed E-state index contributed by atoms with van der Waals surface area (Å²) in [7, 11) is -3.12. The van der Waals surface area contributed by atoms with Gasteiger partial charge in [0.2, 0.25) is 0 Å². The number of nitrogens with two attached hydrogens (primary N) is 1. The monoisotopic (exact) mass is 229 g/mol. The molecule has 1 aromatic rings. The van der Waals surface area contributed by atoms with Crippen LogP contribution in [0.15, 0.2) is 29.2 Å². The van der Waals surface area contributed by atoms with E-state index >= 15 is 0 Å². The molecule has 0 amide bonds. The van der Waals surface area contributed by atoms with E-state index in [4.69, 9.17) is 10.5 Å². The third-order valence-electron chi connectivity index (χ3n) is 1.95. The van der Waals surface area contributed by atoms with E-state index in [1.807, 2.05) is 0 Å². The largest absolute Gasteiger partial charge is 0.492 e. The molecule has 0 bridgehead atoms. The van der Waals surface area contributed by atoms with Gasteiger partial charge >= 0.3 is 0 Å². The summed E-state index contributed by atoms with van der Waals surface area (Å²) in [6.07, 6.45) is 0. The molecule has 15 heavy (non-hydrogen) atoms. The Bertz CT molecular complexity index is 397. The first kappa shape index (κ1) is 12.0. The first-order chi connectivity index (χ1) is 7.10. The predicted octanol–water partition coefficient (Wildman–Crippen LogP) is 0.818.